The Labute approximate surface area is 142 Å². The van der Waals surface area contributed by atoms with E-state index in [1.807, 2.05) is 38.2 Å². The molecule has 0 radical (unpaired) electrons. The van der Waals surface area contributed by atoms with E-state index in [-0.39, 0.29) is 6.10 Å². The number of aliphatic hydroxyl groups is 1. The number of hydrogen-bond acceptors (Lipinski definition) is 6. The number of rotatable bonds is 7. The Kier molecular flexibility index (Phi) is 5.48. The molecule has 0 bridgehead atoms. The highest BCUT2D eigenvalue weighted by Gasteiger charge is 2.26. The first-order chi connectivity index (χ1) is 11.7. The topological polar surface area (TPSA) is 71.6 Å². The van der Waals surface area contributed by atoms with Crippen LogP contribution in [0.1, 0.15) is 32.1 Å². The lowest BCUT2D eigenvalue weighted by molar-refractivity contribution is 0.104. The predicted octanol–water partition coefficient (Wildman–Crippen LogP) is 2.73. The van der Waals surface area contributed by atoms with Crippen LogP contribution in [0.25, 0.3) is 11.4 Å². The third kappa shape index (κ3) is 4.13. The molecule has 2 aromatic rings. The van der Waals surface area contributed by atoms with Gasteiger partial charge in [0.15, 0.2) is 0 Å². The lowest BCUT2D eigenvalue weighted by Crippen LogP contribution is -2.29. The zero-order valence-electron chi connectivity index (χ0n) is 14.3. The molecular weight excluding hydrogens is 306 g/mol. The molecule has 2 unspecified atom stereocenters. The van der Waals surface area contributed by atoms with Crippen molar-refractivity contribution >= 4 is 0 Å². The van der Waals surface area contributed by atoms with Gasteiger partial charge in [0.2, 0.25) is 11.7 Å². The van der Waals surface area contributed by atoms with Crippen LogP contribution in [0.5, 0.6) is 5.75 Å². The van der Waals surface area contributed by atoms with Crippen LogP contribution in [0.3, 0.4) is 0 Å². The Bertz CT molecular complexity index is 641. The number of ether oxygens (including phenoxy) is 1. The van der Waals surface area contributed by atoms with Crippen LogP contribution in [0, 0.1) is 5.92 Å². The molecule has 0 spiro atoms. The molecule has 1 N–H and O–H groups in total. The fourth-order valence-electron chi connectivity index (χ4n) is 3.23. The third-order valence-corrected chi connectivity index (χ3v) is 4.46. The summed E-state index contributed by atoms with van der Waals surface area (Å²) in [7, 11) is 2.02. The van der Waals surface area contributed by atoms with Crippen molar-refractivity contribution in [3.63, 3.8) is 0 Å². The second-order valence-corrected chi connectivity index (χ2v) is 6.42. The van der Waals surface area contributed by atoms with E-state index in [2.05, 4.69) is 15.0 Å². The molecule has 0 aliphatic heterocycles. The van der Waals surface area contributed by atoms with Crippen molar-refractivity contribution in [2.45, 2.75) is 38.8 Å². The number of aromatic nitrogens is 2. The van der Waals surface area contributed by atoms with Crippen LogP contribution in [0.15, 0.2) is 28.8 Å². The molecule has 0 saturated heterocycles. The summed E-state index contributed by atoms with van der Waals surface area (Å²) >= 11 is 0. The zero-order chi connectivity index (χ0) is 16.9. The van der Waals surface area contributed by atoms with Gasteiger partial charge in [-0.05, 0) is 57.0 Å². The van der Waals surface area contributed by atoms with Gasteiger partial charge in [0.1, 0.15) is 5.75 Å². The van der Waals surface area contributed by atoms with Gasteiger partial charge in [0, 0.05) is 12.1 Å². The molecule has 1 aliphatic rings. The SMILES string of the molecule is CCOc1ccc(-c2noc(CN(C)CC3CCCC3O)n2)cc1. The fourth-order valence-corrected chi connectivity index (χ4v) is 3.23. The van der Waals surface area contributed by atoms with Gasteiger partial charge in [0.25, 0.3) is 0 Å². The van der Waals surface area contributed by atoms with Crippen molar-refractivity contribution in [3.05, 3.63) is 30.2 Å². The summed E-state index contributed by atoms with van der Waals surface area (Å²) in [6.45, 7) is 4.05. The van der Waals surface area contributed by atoms with Crippen molar-refractivity contribution in [2.24, 2.45) is 5.92 Å². The largest absolute Gasteiger partial charge is 0.494 e. The third-order valence-electron chi connectivity index (χ3n) is 4.46. The second kappa shape index (κ2) is 7.77. The number of benzene rings is 1. The summed E-state index contributed by atoms with van der Waals surface area (Å²) in [4.78, 5) is 6.60. The van der Waals surface area contributed by atoms with Crippen LogP contribution in [0.2, 0.25) is 0 Å². The highest BCUT2D eigenvalue weighted by atomic mass is 16.5. The van der Waals surface area contributed by atoms with E-state index < -0.39 is 0 Å². The average Bonchev–Trinajstić information content (AvgIpc) is 3.18. The second-order valence-electron chi connectivity index (χ2n) is 6.42. The van der Waals surface area contributed by atoms with Gasteiger partial charge in [-0.25, -0.2) is 0 Å². The predicted molar refractivity (Wildman–Crippen MR) is 90.6 cm³/mol. The van der Waals surface area contributed by atoms with E-state index in [1.54, 1.807) is 0 Å². The van der Waals surface area contributed by atoms with E-state index in [0.29, 0.717) is 30.8 Å². The lowest BCUT2D eigenvalue weighted by atomic mass is 10.1. The minimum atomic E-state index is -0.172. The van der Waals surface area contributed by atoms with E-state index >= 15 is 0 Å². The minimum Gasteiger partial charge on any atom is -0.494 e. The molecule has 1 heterocycles. The van der Waals surface area contributed by atoms with E-state index in [4.69, 9.17) is 9.26 Å². The maximum Gasteiger partial charge on any atom is 0.241 e. The smallest absolute Gasteiger partial charge is 0.241 e. The molecule has 130 valence electrons. The van der Waals surface area contributed by atoms with Gasteiger partial charge >= 0.3 is 0 Å². The number of nitrogens with zero attached hydrogens (tertiary/aromatic N) is 3. The number of aliphatic hydroxyl groups excluding tert-OH is 1. The average molecular weight is 331 g/mol. The molecule has 2 atom stereocenters. The molecule has 6 nitrogen and oxygen atoms in total. The fraction of sp³-hybridized carbons (Fsp3) is 0.556. The quantitative estimate of drug-likeness (QED) is 0.841. The van der Waals surface area contributed by atoms with Gasteiger partial charge in [0.05, 0.1) is 19.3 Å². The van der Waals surface area contributed by atoms with Crippen molar-refractivity contribution in [1.82, 2.24) is 15.0 Å². The minimum absolute atomic E-state index is 0.172. The summed E-state index contributed by atoms with van der Waals surface area (Å²) in [6, 6.07) is 7.67. The van der Waals surface area contributed by atoms with Crippen LogP contribution in [-0.4, -0.2) is 46.5 Å². The summed E-state index contributed by atoms with van der Waals surface area (Å²) in [5.41, 5.74) is 0.905. The highest BCUT2D eigenvalue weighted by Crippen LogP contribution is 2.26. The summed E-state index contributed by atoms with van der Waals surface area (Å²) < 4.78 is 10.8. The highest BCUT2D eigenvalue weighted by molar-refractivity contribution is 5.55. The van der Waals surface area contributed by atoms with Gasteiger partial charge in [-0.1, -0.05) is 11.6 Å². The molecule has 6 heteroatoms. The van der Waals surface area contributed by atoms with E-state index in [0.717, 1.165) is 37.1 Å². The monoisotopic (exact) mass is 331 g/mol. The van der Waals surface area contributed by atoms with Gasteiger partial charge in [-0.3, -0.25) is 4.90 Å². The Morgan fingerprint density at radius 2 is 2.08 bits per heavy atom. The molecular formula is C18H25N3O3. The van der Waals surface area contributed by atoms with Crippen molar-refractivity contribution < 1.29 is 14.4 Å². The molecule has 1 fully saturated rings. The van der Waals surface area contributed by atoms with E-state index in [9.17, 15) is 5.11 Å². The van der Waals surface area contributed by atoms with Crippen molar-refractivity contribution in [3.8, 4) is 17.1 Å². The van der Waals surface area contributed by atoms with Crippen molar-refractivity contribution in [2.75, 3.05) is 20.2 Å². The standard InChI is InChI=1S/C18H25N3O3/c1-3-23-15-9-7-13(8-10-15)18-19-17(24-20-18)12-21(2)11-14-5-4-6-16(14)22/h7-10,14,16,22H,3-6,11-12H2,1-2H3. The summed E-state index contributed by atoms with van der Waals surface area (Å²) in [6.07, 6.45) is 2.95. The molecule has 1 aliphatic carbocycles. The van der Waals surface area contributed by atoms with Gasteiger partial charge in [-0.2, -0.15) is 4.98 Å². The molecule has 1 aromatic heterocycles. The maximum atomic E-state index is 9.93. The molecule has 0 amide bonds. The van der Waals surface area contributed by atoms with Crippen LogP contribution in [-0.2, 0) is 6.54 Å². The Morgan fingerprint density at radius 1 is 1.29 bits per heavy atom. The van der Waals surface area contributed by atoms with Crippen LogP contribution < -0.4 is 4.74 Å². The first-order valence-corrected chi connectivity index (χ1v) is 8.58. The molecule has 1 aromatic carbocycles. The lowest BCUT2D eigenvalue weighted by Gasteiger charge is -2.21. The normalized spacial score (nSPS) is 20.7. The zero-order valence-corrected chi connectivity index (χ0v) is 14.3. The first-order valence-electron chi connectivity index (χ1n) is 8.58. The Balaban J connectivity index is 1.58. The maximum absolute atomic E-state index is 9.93. The van der Waals surface area contributed by atoms with Crippen LogP contribution >= 0.6 is 0 Å². The summed E-state index contributed by atoms with van der Waals surface area (Å²) in [5, 5.41) is 14.0. The molecule has 24 heavy (non-hydrogen) atoms. The Hall–Kier alpha value is -1.92. The van der Waals surface area contributed by atoms with Crippen molar-refractivity contribution in [1.29, 1.82) is 0 Å². The number of hydrogen-bond donors (Lipinski definition) is 1. The molecule has 3 rings (SSSR count). The summed E-state index contributed by atoms with van der Waals surface area (Å²) in [5.74, 6) is 2.36. The van der Waals surface area contributed by atoms with Gasteiger partial charge < -0.3 is 14.4 Å². The first kappa shape index (κ1) is 16.9. The van der Waals surface area contributed by atoms with E-state index in [1.165, 1.54) is 0 Å². The van der Waals surface area contributed by atoms with Crippen LogP contribution in [0.4, 0.5) is 0 Å². The Morgan fingerprint density at radius 3 is 2.75 bits per heavy atom. The molecule has 1 saturated carbocycles. The van der Waals surface area contributed by atoms with Gasteiger partial charge in [-0.15, -0.1) is 0 Å².